The summed E-state index contributed by atoms with van der Waals surface area (Å²) >= 11 is 1.23. The van der Waals surface area contributed by atoms with Crippen LogP contribution in [0.4, 0.5) is 10.1 Å². The summed E-state index contributed by atoms with van der Waals surface area (Å²) in [5.41, 5.74) is 0.672. The molecule has 9 heteroatoms. The van der Waals surface area contributed by atoms with Crippen molar-refractivity contribution in [1.29, 1.82) is 0 Å². The van der Waals surface area contributed by atoms with Gasteiger partial charge in [-0.05, 0) is 35.0 Å². The Morgan fingerprint density at radius 2 is 1.79 bits per heavy atom. The molecule has 0 spiro atoms. The van der Waals surface area contributed by atoms with Crippen molar-refractivity contribution in [3.63, 3.8) is 0 Å². The molecule has 2 amide bonds. The molecule has 0 bridgehead atoms. The molecule has 0 radical (unpaired) electrons. The van der Waals surface area contributed by atoms with E-state index in [1.807, 2.05) is 42.5 Å². The van der Waals surface area contributed by atoms with Gasteiger partial charge in [-0.3, -0.25) is 9.59 Å². The topological polar surface area (TPSA) is 88.9 Å². The third kappa shape index (κ3) is 5.49. The zero-order valence-corrected chi connectivity index (χ0v) is 19.0. The molecule has 34 heavy (non-hydrogen) atoms. The van der Waals surface area contributed by atoms with Crippen LogP contribution in [0.2, 0.25) is 0 Å². The van der Waals surface area contributed by atoms with E-state index in [2.05, 4.69) is 27.4 Å². The summed E-state index contributed by atoms with van der Waals surface area (Å²) in [5, 5.41) is 16.5. The number of anilines is 1. The van der Waals surface area contributed by atoms with E-state index in [4.69, 9.17) is 0 Å². The first-order chi connectivity index (χ1) is 16.5. The van der Waals surface area contributed by atoms with Crippen molar-refractivity contribution >= 4 is 40.0 Å². The number of aromatic nitrogens is 3. The van der Waals surface area contributed by atoms with Gasteiger partial charge in [0.1, 0.15) is 5.82 Å². The van der Waals surface area contributed by atoms with Gasteiger partial charge in [-0.1, -0.05) is 60.3 Å². The summed E-state index contributed by atoms with van der Waals surface area (Å²) in [5.74, 6) is -0.717. The molecule has 1 aromatic heterocycles. The van der Waals surface area contributed by atoms with Crippen LogP contribution in [0.3, 0.4) is 0 Å². The highest BCUT2D eigenvalue weighted by atomic mass is 32.2. The molecule has 0 aliphatic carbocycles. The lowest BCUT2D eigenvalue weighted by Gasteiger charge is -2.10. The predicted octanol–water partition coefficient (Wildman–Crippen LogP) is 4.42. The molecule has 0 atom stereocenters. The van der Waals surface area contributed by atoms with Crippen LogP contribution in [0.25, 0.3) is 10.8 Å². The smallest absolute Gasteiger partial charge is 0.254 e. The van der Waals surface area contributed by atoms with Crippen LogP contribution in [0.5, 0.6) is 0 Å². The average Bonchev–Trinajstić information content (AvgIpc) is 3.23. The predicted molar refractivity (Wildman–Crippen MR) is 131 cm³/mol. The Hall–Kier alpha value is -3.98. The van der Waals surface area contributed by atoms with Gasteiger partial charge >= 0.3 is 0 Å². The molecule has 4 rings (SSSR count). The quantitative estimate of drug-likeness (QED) is 0.276. The Kier molecular flexibility index (Phi) is 7.34. The van der Waals surface area contributed by atoms with Crippen molar-refractivity contribution in [3.8, 4) is 0 Å². The van der Waals surface area contributed by atoms with Crippen molar-refractivity contribution in [2.24, 2.45) is 0 Å². The van der Waals surface area contributed by atoms with Crippen LogP contribution in [-0.4, -0.2) is 32.3 Å². The first kappa shape index (κ1) is 23.2. The maximum atomic E-state index is 13.8. The maximum Gasteiger partial charge on any atom is 0.254 e. The van der Waals surface area contributed by atoms with Crippen LogP contribution in [0, 0.1) is 5.82 Å². The lowest BCUT2D eigenvalue weighted by Crippen LogP contribution is -2.25. The molecular weight excluding hydrogens is 453 g/mol. The van der Waals surface area contributed by atoms with Gasteiger partial charge in [-0.15, -0.1) is 16.8 Å². The van der Waals surface area contributed by atoms with Gasteiger partial charge in [0.25, 0.3) is 5.91 Å². The molecule has 0 fully saturated rings. The van der Waals surface area contributed by atoms with E-state index in [1.165, 1.54) is 30.0 Å². The minimum atomic E-state index is -0.596. The van der Waals surface area contributed by atoms with Gasteiger partial charge in [0, 0.05) is 12.2 Å². The number of carbonyl (C=O) groups is 2. The van der Waals surface area contributed by atoms with Crippen molar-refractivity contribution in [2.75, 3.05) is 11.1 Å². The second kappa shape index (κ2) is 10.8. The number of carbonyl (C=O) groups excluding carboxylic acids is 2. The summed E-state index contributed by atoms with van der Waals surface area (Å²) in [4.78, 5) is 24.8. The number of nitrogens with zero attached hydrogens (tertiary/aromatic N) is 3. The normalized spacial score (nSPS) is 10.7. The highest BCUT2D eigenvalue weighted by Crippen LogP contribution is 2.21. The zero-order chi connectivity index (χ0) is 23.9. The van der Waals surface area contributed by atoms with Crippen LogP contribution in [0.15, 0.2) is 84.5 Å². The van der Waals surface area contributed by atoms with Crippen LogP contribution in [-0.2, 0) is 17.9 Å². The molecule has 0 saturated carbocycles. The number of thioether (sulfide) groups is 1. The second-order valence-corrected chi connectivity index (χ2v) is 8.30. The number of hydrogen-bond donors (Lipinski definition) is 2. The molecule has 0 saturated heterocycles. The number of allylic oxidation sites excluding steroid dienone is 1. The van der Waals surface area contributed by atoms with Crippen molar-refractivity contribution in [1.82, 2.24) is 20.1 Å². The number of rotatable bonds is 9. The maximum absolute atomic E-state index is 13.8. The van der Waals surface area contributed by atoms with Gasteiger partial charge in [0.2, 0.25) is 5.91 Å². The van der Waals surface area contributed by atoms with Crippen LogP contribution >= 0.6 is 11.8 Å². The molecule has 3 aromatic carbocycles. The van der Waals surface area contributed by atoms with Gasteiger partial charge in [-0.25, -0.2) is 4.39 Å². The van der Waals surface area contributed by atoms with E-state index >= 15 is 0 Å². The van der Waals surface area contributed by atoms with E-state index in [9.17, 15) is 14.0 Å². The first-order valence-electron chi connectivity index (χ1n) is 10.5. The number of fused-ring (bicyclic) bond motifs is 1. The number of halogens is 1. The lowest BCUT2D eigenvalue weighted by molar-refractivity contribution is -0.113. The first-order valence-corrected chi connectivity index (χ1v) is 11.5. The average molecular weight is 476 g/mol. The van der Waals surface area contributed by atoms with E-state index in [-0.39, 0.29) is 23.8 Å². The van der Waals surface area contributed by atoms with Gasteiger partial charge in [0.15, 0.2) is 11.0 Å². The van der Waals surface area contributed by atoms with E-state index in [0.717, 1.165) is 10.8 Å². The van der Waals surface area contributed by atoms with Gasteiger partial charge in [0.05, 0.1) is 17.9 Å². The second-order valence-electron chi connectivity index (χ2n) is 7.36. The van der Waals surface area contributed by atoms with E-state index in [0.29, 0.717) is 23.2 Å². The fourth-order valence-corrected chi connectivity index (χ4v) is 4.13. The van der Waals surface area contributed by atoms with Crippen molar-refractivity contribution in [2.45, 2.75) is 18.2 Å². The number of benzene rings is 3. The highest BCUT2D eigenvalue weighted by molar-refractivity contribution is 7.99. The summed E-state index contributed by atoms with van der Waals surface area (Å²) in [6, 6.07) is 19.4. The number of hydrogen-bond acceptors (Lipinski definition) is 5. The van der Waals surface area contributed by atoms with Crippen LogP contribution in [0.1, 0.15) is 16.2 Å². The molecule has 0 aliphatic rings. The van der Waals surface area contributed by atoms with Gasteiger partial charge < -0.3 is 15.2 Å². The molecule has 172 valence electrons. The Bertz CT molecular complexity index is 1350. The van der Waals surface area contributed by atoms with Gasteiger partial charge in [-0.2, -0.15) is 0 Å². The highest BCUT2D eigenvalue weighted by Gasteiger charge is 2.16. The Balaban J connectivity index is 1.37. The summed E-state index contributed by atoms with van der Waals surface area (Å²) in [6.07, 6.45) is 1.67. The molecule has 0 aliphatic heterocycles. The zero-order valence-electron chi connectivity index (χ0n) is 18.2. The van der Waals surface area contributed by atoms with Crippen molar-refractivity contribution < 1.29 is 14.0 Å². The van der Waals surface area contributed by atoms with Crippen LogP contribution < -0.4 is 10.6 Å². The van der Waals surface area contributed by atoms with E-state index in [1.54, 1.807) is 16.7 Å². The fourth-order valence-electron chi connectivity index (χ4n) is 3.36. The molecular formula is C25H22FN5O2S. The lowest BCUT2D eigenvalue weighted by atomic mass is 10.1. The molecule has 0 unspecified atom stereocenters. The number of nitrogens with one attached hydrogen (secondary N) is 2. The molecule has 7 nitrogen and oxygen atoms in total. The summed E-state index contributed by atoms with van der Waals surface area (Å²) in [6.45, 7) is 4.20. The Morgan fingerprint density at radius 3 is 2.59 bits per heavy atom. The van der Waals surface area contributed by atoms with Crippen molar-refractivity contribution in [3.05, 3.63) is 96.6 Å². The SMILES string of the molecule is C=CCn1c(CNC(=O)c2ccccc2F)nnc1SCC(=O)Nc1ccc2ccccc2c1. The standard InChI is InChI=1S/C25H22FN5O2S/c1-2-13-31-22(15-27-24(33)20-9-5-6-10-21(20)26)29-30-25(31)34-16-23(32)28-19-12-11-17-7-3-4-8-18(17)14-19/h2-12,14H,1,13,15-16H2,(H,27,33)(H,28,32). The largest absolute Gasteiger partial charge is 0.345 e. The Labute approximate surface area is 200 Å². The molecule has 4 aromatic rings. The molecule has 1 heterocycles. The fraction of sp³-hybridized carbons (Fsp3) is 0.120. The summed E-state index contributed by atoms with van der Waals surface area (Å²) in [7, 11) is 0. The third-order valence-electron chi connectivity index (χ3n) is 5.00. The minimum absolute atomic E-state index is 0.0442. The third-order valence-corrected chi connectivity index (χ3v) is 5.96. The monoisotopic (exact) mass is 475 g/mol. The number of amides is 2. The molecule has 2 N–H and O–H groups in total. The van der Waals surface area contributed by atoms with E-state index < -0.39 is 11.7 Å². The minimum Gasteiger partial charge on any atom is -0.345 e. The Morgan fingerprint density at radius 1 is 1.03 bits per heavy atom. The summed E-state index contributed by atoms with van der Waals surface area (Å²) < 4.78 is 15.6.